The number of nitrogens with zero attached hydrogens (tertiary/aromatic N) is 2. The van der Waals surface area contributed by atoms with Gasteiger partial charge in [0.15, 0.2) is 0 Å². The molecule has 0 radical (unpaired) electrons. The van der Waals surface area contributed by atoms with E-state index >= 15 is 0 Å². The third-order valence-electron chi connectivity index (χ3n) is 3.07. The van der Waals surface area contributed by atoms with Crippen molar-refractivity contribution in [3.8, 4) is 0 Å². The molecule has 0 saturated carbocycles. The monoisotopic (exact) mass is 283 g/mol. The molecule has 104 valence electrons. The highest BCUT2D eigenvalue weighted by Crippen LogP contribution is 2.21. The summed E-state index contributed by atoms with van der Waals surface area (Å²) in [4.78, 5) is 18.4. The van der Waals surface area contributed by atoms with Gasteiger partial charge in [-0.1, -0.05) is 11.6 Å². The first kappa shape index (κ1) is 14.1. The fourth-order valence-electron chi connectivity index (χ4n) is 2.06. The minimum atomic E-state index is -0.0673. The van der Waals surface area contributed by atoms with E-state index in [1.54, 1.807) is 11.0 Å². The van der Waals surface area contributed by atoms with Gasteiger partial charge >= 0.3 is 0 Å². The topological polar surface area (TPSA) is 54.5 Å². The molecule has 5 nitrogen and oxygen atoms in total. The van der Waals surface area contributed by atoms with Gasteiger partial charge in [0.25, 0.3) is 5.91 Å². The zero-order chi connectivity index (χ0) is 13.8. The van der Waals surface area contributed by atoms with Gasteiger partial charge in [0.1, 0.15) is 5.82 Å². The van der Waals surface area contributed by atoms with Crippen molar-refractivity contribution in [2.75, 3.05) is 31.6 Å². The highest BCUT2D eigenvalue weighted by atomic mass is 35.5. The number of rotatable bonds is 3. The SMILES string of the molecule is CCNc1cc(C(=O)N2CCOCC2C)c(Cl)cn1. The first-order valence-electron chi connectivity index (χ1n) is 6.41. The second kappa shape index (κ2) is 6.21. The number of morpholine rings is 1. The first-order valence-corrected chi connectivity index (χ1v) is 6.79. The van der Waals surface area contributed by atoms with E-state index in [9.17, 15) is 4.79 Å². The van der Waals surface area contributed by atoms with Crippen molar-refractivity contribution in [3.05, 3.63) is 22.8 Å². The van der Waals surface area contributed by atoms with Crippen LogP contribution in [0.15, 0.2) is 12.3 Å². The number of anilines is 1. The number of aromatic nitrogens is 1. The largest absolute Gasteiger partial charge is 0.377 e. The van der Waals surface area contributed by atoms with Gasteiger partial charge < -0.3 is 15.0 Å². The Morgan fingerprint density at radius 1 is 1.68 bits per heavy atom. The van der Waals surface area contributed by atoms with Crippen LogP contribution in [0.4, 0.5) is 5.82 Å². The average molecular weight is 284 g/mol. The second-order valence-corrected chi connectivity index (χ2v) is 4.91. The number of hydrogen-bond donors (Lipinski definition) is 1. The molecule has 1 unspecified atom stereocenters. The van der Waals surface area contributed by atoms with Crippen LogP contribution in [0.3, 0.4) is 0 Å². The van der Waals surface area contributed by atoms with Crippen LogP contribution in [0.1, 0.15) is 24.2 Å². The molecule has 1 aromatic heterocycles. The van der Waals surface area contributed by atoms with Crippen LogP contribution in [0.25, 0.3) is 0 Å². The predicted molar refractivity (Wildman–Crippen MR) is 74.7 cm³/mol. The summed E-state index contributed by atoms with van der Waals surface area (Å²) in [5.41, 5.74) is 0.487. The highest BCUT2D eigenvalue weighted by Gasteiger charge is 2.26. The number of amides is 1. The summed E-state index contributed by atoms with van der Waals surface area (Å²) in [7, 11) is 0. The van der Waals surface area contributed by atoms with Crippen LogP contribution < -0.4 is 5.32 Å². The molecule has 0 bridgehead atoms. The molecule has 1 aliphatic heterocycles. The van der Waals surface area contributed by atoms with E-state index in [2.05, 4.69) is 10.3 Å². The molecule has 1 N–H and O–H groups in total. The van der Waals surface area contributed by atoms with Crippen molar-refractivity contribution in [2.24, 2.45) is 0 Å². The number of nitrogens with one attached hydrogen (secondary N) is 1. The molecule has 0 aliphatic carbocycles. The minimum Gasteiger partial charge on any atom is -0.377 e. The van der Waals surface area contributed by atoms with Gasteiger partial charge in [-0.2, -0.15) is 0 Å². The second-order valence-electron chi connectivity index (χ2n) is 4.50. The quantitative estimate of drug-likeness (QED) is 0.922. The zero-order valence-electron chi connectivity index (χ0n) is 11.1. The molecule has 1 atom stereocenters. The zero-order valence-corrected chi connectivity index (χ0v) is 11.9. The predicted octanol–water partition coefficient (Wildman–Crippen LogP) is 2.03. The lowest BCUT2D eigenvalue weighted by molar-refractivity contribution is 0.00360. The molecule has 0 aromatic carbocycles. The van der Waals surface area contributed by atoms with Crippen molar-refractivity contribution < 1.29 is 9.53 Å². The fraction of sp³-hybridized carbons (Fsp3) is 0.538. The molecular weight excluding hydrogens is 266 g/mol. The smallest absolute Gasteiger partial charge is 0.255 e. The van der Waals surface area contributed by atoms with E-state index in [0.29, 0.717) is 36.2 Å². The summed E-state index contributed by atoms with van der Waals surface area (Å²) in [6, 6.07) is 1.77. The fourth-order valence-corrected chi connectivity index (χ4v) is 2.25. The molecular formula is C13H18ClN3O2. The summed E-state index contributed by atoms with van der Waals surface area (Å²) in [6.45, 7) is 6.41. The Bertz CT molecular complexity index is 467. The summed E-state index contributed by atoms with van der Waals surface area (Å²) < 4.78 is 5.34. The lowest BCUT2D eigenvalue weighted by atomic mass is 10.1. The van der Waals surface area contributed by atoms with E-state index in [0.717, 1.165) is 6.54 Å². The molecule has 19 heavy (non-hydrogen) atoms. The lowest BCUT2D eigenvalue weighted by Gasteiger charge is -2.33. The number of halogens is 1. The summed E-state index contributed by atoms with van der Waals surface area (Å²) in [5.74, 6) is 0.596. The Labute approximate surface area is 117 Å². The maximum absolute atomic E-state index is 12.5. The van der Waals surface area contributed by atoms with Crippen LogP contribution in [-0.2, 0) is 4.74 Å². The molecule has 0 spiro atoms. The van der Waals surface area contributed by atoms with E-state index in [1.165, 1.54) is 6.20 Å². The number of pyridine rings is 1. The van der Waals surface area contributed by atoms with Gasteiger partial charge in [-0.15, -0.1) is 0 Å². The van der Waals surface area contributed by atoms with E-state index in [1.807, 2.05) is 13.8 Å². The van der Waals surface area contributed by atoms with Crippen LogP contribution in [0, 0.1) is 0 Å². The molecule has 1 saturated heterocycles. The summed E-state index contributed by atoms with van der Waals surface area (Å²) in [5, 5.41) is 3.46. The van der Waals surface area contributed by atoms with Crippen molar-refractivity contribution in [2.45, 2.75) is 19.9 Å². The van der Waals surface area contributed by atoms with Crippen molar-refractivity contribution >= 4 is 23.3 Å². The third kappa shape index (κ3) is 3.16. The van der Waals surface area contributed by atoms with Crippen molar-refractivity contribution in [1.82, 2.24) is 9.88 Å². The van der Waals surface area contributed by atoms with Gasteiger partial charge in [0, 0.05) is 19.3 Å². The summed E-state index contributed by atoms with van der Waals surface area (Å²) >= 11 is 6.09. The molecule has 1 aromatic rings. The van der Waals surface area contributed by atoms with Crippen LogP contribution in [0.5, 0.6) is 0 Å². The van der Waals surface area contributed by atoms with Crippen LogP contribution >= 0.6 is 11.6 Å². The number of ether oxygens (including phenoxy) is 1. The normalized spacial score (nSPS) is 19.3. The van der Waals surface area contributed by atoms with Gasteiger partial charge in [0.2, 0.25) is 0 Å². The molecule has 6 heteroatoms. The van der Waals surface area contributed by atoms with Gasteiger partial charge in [0.05, 0.1) is 29.8 Å². The van der Waals surface area contributed by atoms with Gasteiger partial charge in [-0.3, -0.25) is 4.79 Å². The van der Waals surface area contributed by atoms with E-state index < -0.39 is 0 Å². The molecule has 2 heterocycles. The average Bonchev–Trinajstić information content (AvgIpc) is 2.41. The summed E-state index contributed by atoms with van der Waals surface area (Å²) in [6.07, 6.45) is 1.51. The Hall–Kier alpha value is -1.33. The van der Waals surface area contributed by atoms with Crippen molar-refractivity contribution in [3.63, 3.8) is 0 Å². The Morgan fingerprint density at radius 3 is 3.16 bits per heavy atom. The molecule has 1 aliphatic rings. The number of carbonyl (C=O) groups is 1. The van der Waals surface area contributed by atoms with Gasteiger partial charge in [-0.05, 0) is 19.9 Å². The van der Waals surface area contributed by atoms with Crippen molar-refractivity contribution in [1.29, 1.82) is 0 Å². The number of carbonyl (C=O) groups excluding carboxylic acids is 1. The minimum absolute atomic E-state index is 0.0630. The Balaban J connectivity index is 2.24. The lowest BCUT2D eigenvalue weighted by Crippen LogP contribution is -2.47. The Morgan fingerprint density at radius 2 is 2.47 bits per heavy atom. The standard InChI is InChI=1S/C13H18ClN3O2/c1-3-15-12-6-10(11(14)7-16-12)13(18)17-4-5-19-8-9(17)2/h6-7,9H,3-5,8H2,1-2H3,(H,15,16). The van der Waals surface area contributed by atoms with Crippen LogP contribution in [-0.4, -0.2) is 48.1 Å². The molecule has 1 amide bonds. The Kier molecular flexibility index (Phi) is 4.61. The van der Waals surface area contributed by atoms with Gasteiger partial charge in [-0.25, -0.2) is 4.98 Å². The third-order valence-corrected chi connectivity index (χ3v) is 3.37. The molecule has 2 rings (SSSR count). The first-order chi connectivity index (χ1) is 9.13. The number of hydrogen-bond acceptors (Lipinski definition) is 4. The van der Waals surface area contributed by atoms with E-state index in [-0.39, 0.29) is 11.9 Å². The highest BCUT2D eigenvalue weighted by molar-refractivity contribution is 6.33. The van der Waals surface area contributed by atoms with Crippen LogP contribution in [0.2, 0.25) is 5.02 Å². The van der Waals surface area contributed by atoms with E-state index in [4.69, 9.17) is 16.3 Å². The maximum Gasteiger partial charge on any atom is 0.255 e. The molecule has 1 fully saturated rings. The maximum atomic E-state index is 12.5.